The van der Waals surface area contributed by atoms with Crippen LogP contribution in [-0.4, -0.2) is 96.7 Å². The zero-order valence-electron chi connectivity index (χ0n) is 63.6. The second-order valence-corrected chi connectivity index (χ2v) is 29.9. The number of phosphoric acid groups is 2. The van der Waals surface area contributed by atoms with E-state index in [4.69, 9.17) is 37.0 Å². The Hall–Kier alpha value is -3.50. The number of esters is 4. The molecule has 4 unspecified atom stereocenters. The fourth-order valence-electron chi connectivity index (χ4n) is 11.0. The molecule has 0 amide bonds. The first-order valence-electron chi connectivity index (χ1n) is 40.2. The quantitative estimate of drug-likeness (QED) is 0.0169. The van der Waals surface area contributed by atoms with E-state index >= 15 is 0 Å². The first-order chi connectivity index (χ1) is 48.7. The van der Waals surface area contributed by atoms with Crippen molar-refractivity contribution in [3.05, 3.63) is 72.9 Å². The summed E-state index contributed by atoms with van der Waals surface area (Å²) >= 11 is 0. The Labute approximate surface area is 609 Å². The number of allylic oxidation sites excluding steroid dienone is 12. The molecule has 0 heterocycles. The van der Waals surface area contributed by atoms with Crippen LogP contribution in [0.5, 0.6) is 0 Å². The lowest BCUT2D eigenvalue weighted by Gasteiger charge is -2.21. The zero-order valence-corrected chi connectivity index (χ0v) is 65.4. The average molecular weight is 1450 g/mol. The molecule has 0 aromatic rings. The number of rotatable bonds is 76. The van der Waals surface area contributed by atoms with E-state index in [0.717, 1.165) is 167 Å². The Bertz CT molecular complexity index is 2030. The van der Waals surface area contributed by atoms with Crippen molar-refractivity contribution in [3.8, 4) is 0 Å². The Morgan fingerprint density at radius 1 is 0.280 bits per heavy atom. The molecular weight excluding hydrogens is 1310 g/mol. The van der Waals surface area contributed by atoms with Crippen LogP contribution in [0.3, 0.4) is 0 Å². The van der Waals surface area contributed by atoms with Crippen LogP contribution in [0.15, 0.2) is 72.9 Å². The first kappa shape index (κ1) is 96.5. The Balaban J connectivity index is 5.25. The summed E-state index contributed by atoms with van der Waals surface area (Å²) in [6.45, 7) is 4.83. The molecule has 100 heavy (non-hydrogen) atoms. The molecule has 0 aromatic carbocycles. The topological polar surface area (TPSA) is 237 Å². The SMILES string of the molecule is CCCCC/C=C\C/C=C\C/C=C\CCCCCCCCC(=O)OCC(COP(=O)(O)OCC(O)COP(=O)(O)OCC(COC(=O)CCCCCCCC/C=C\C/C=C\C/C=C\CCCCC)OC(=O)CCCCCCCCCCCCC)OC(=O)CCCCCCCCCCCCC. The van der Waals surface area contributed by atoms with E-state index in [1.54, 1.807) is 0 Å². The number of hydrogen-bond donors (Lipinski definition) is 3. The zero-order chi connectivity index (χ0) is 73.2. The summed E-state index contributed by atoms with van der Waals surface area (Å²) in [6, 6.07) is 0. The molecule has 0 aliphatic carbocycles. The maximum absolute atomic E-state index is 13.1. The second kappa shape index (κ2) is 73.8. The van der Waals surface area contributed by atoms with Gasteiger partial charge in [-0.25, -0.2) is 9.13 Å². The predicted molar refractivity (Wildman–Crippen MR) is 409 cm³/mol. The number of carbonyl (C=O) groups is 4. The fraction of sp³-hybridized carbons (Fsp3) is 0.802. The molecule has 19 heteroatoms. The molecule has 0 spiro atoms. The van der Waals surface area contributed by atoms with Crippen molar-refractivity contribution in [2.24, 2.45) is 0 Å². The van der Waals surface area contributed by atoms with Crippen LogP contribution in [-0.2, 0) is 65.4 Å². The molecule has 4 atom stereocenters. The van der Waals surface area contributed by atoms with Crippen LogP contribution < -0.4 is 0 Å². The number of phosphoric ester groups is 2. The van der Waals surface area contributed by atoms with Gasteiger partial charge in [0.15, 0.2) is 12.2 Å². The van der Waals surface area contributed by atoms with Gasteiger partial charge in [0.25, 0.3) is 0 Å². The first-order valence-corrected chi connectivity index (χ1v) is 43.2. The Morgan fingerprint density at radius 2 is 0.490 bits per heavy atom. The summed E-state index contributed by atoms with van der Waals surface area (Å²) in [6.07, 6.45) is 74.5. The smallest absolute Gasteiger partial charge is 0.462 e. The summed E-state index contributed by atoms with van der Waals surface area (Å²) in [5.41, 5.74) is 0. The lowest BCUT2D eigenvalue weighted by molar-refractivity contribution is -0.161. The van der Waals surface area contributed by atoms with Crippen LogP contribution in [0, 0.1) is 0 Å². The number of unbranched alkanes of at least 4 members (excludes halogenated alkanes) is 38. The third-order valence-electron chi connectivity index (χ3n) is 17.2. The van der Waals surface area contributed by atoms with Gasteiger partial charge in [-0.15, -0.1) is 0 Å². The third-order valence-corrected chi connectivity index (χ3v) is 19.1. The van der Waals surface area contributed by atoms with Gasteiger partial charge in [-0.2, -0.15) is 0 Å². The van der Waals surface area contributed by atoms with Crippen molar-refractivity contribution in [3.63, 3.8) is 0 Å². The summed E-state index contributed by atoms with van der Waals surface area (Å²) < 4.78 is 68.5. The maximum atomic E-state index is 13.1. The molecule has 0 rings (SSSR count). The van der Waals surface area contributed by atoms with Gasteiger partial charge in [0, 0.05) is 25.7 Å². The molecule has 0 aliphatic rings. The van der Waals surface area contributed by atoms with Crippen molar-refractivity contribution in [2.45, 2.75) is 380 Å². The van der Waals surface area contributed by atoms with Gasteiger partial charge in [-0.3, -0.25) is 37.3 Å². The van der Waals surface area contributed by atoms with Crippen LogP contribution in [0.1, 0.15) is 362 Å². The van der Waals surface area contributed by atoms with Gasteiger partial charge in [0.05, 0.1) is 26.4 Å². The van der Waals surface area contributed by atoms with Crippen molar-refractivity contribution in [1.82, 2.24) is 0 Å². The van der Waals surface area contributed by atoms with Crippen molar-refractivity contribution in [2.75, 3.05) is 39.6 Å². The van der Waals surface area contributed by atoms with Gasteiger partial charge < -0.3 is 33.8 Å². The molecule has 17 nitrogen and oxygen atoms in total. The van der Waals surface area contributed by atoms with Crippen LogP contribution >= 0.6 is 15.6 Å². The van der Waals surface area contributed by atoms with Crippen molar-refractivity contribution >= 4 is 39.5 Å². The predicted octanol–water partition coefficient (Wildman–Crippen LogP) is 23.2. The maximum Gasteiger partial charge on any atom is 0.472 e. The molecule has 3 N–H and O–H groups in total. The summed E-state index contributed by atoms with van der Waals surface area (Å²) in [5, 5.41) is 10.6. The molecule has 0 aromatic heterocycles. The van der Waals surface area contributed by atoms with Gasteiger partial charge in [0.1, 0.15) is 19.3 Å². The number of hydrogen-bond acceptors (Lipinski definition) is 15. The summed E-state index contributed by atoms with van der Waals surface area (Å²) in [5.74, 6) is -2.17. The minimum atomic E-state index is -4.97. The highest BCUT2D eigenvalue weighted by Gasteiger charge is 2.30. The van der Waals surface area contributed by atoms with E-state index in [9.17, 15) is 43.2 Å². The van der Waals surface area contributed by atoms with Crippen LogP contribution in [0.2, 0.25) is 0 Å². The van der Waals surface area contributed by atoms with E-state index in [2.05, 4.69) is 101 Å². The van der Waals surface area contributed by atoms with E-state index in [-0.39, 0.29) is 25.7 Å². The van der Waals surface area contributed by atoms with Gasteiger partial charge >= 0.3 is 39.5 Å². The minimum Gasteiger partial charge on any atom is -0.462 e. The number of carbonyl (C=O) groups excluding carboxylic acids is 4. The average Bonchev–Trinajstić information content (AvgIpc) is 0.953. The molecule has 0 saturated heterocycles. The van der Waals surface area contributed by atoms with Crippen molar-refractivity contribution in [1.29, 1.82) is 0 Å². The lowest BCUT2D eigenvalue weighted by Crippen LogP contribution is -2.30. The molecule has 0 radical (unpaired) electrons. The van der Waals surface area contributed by atoms with Crippen molar-refractivity contribution < 1.29 is 80.2 Å². The van der Waals surface area contributed by atoms with E-state index in [1.807, 2.05) is 0 Å². The second-order valence-electron chi connectivity index (χ2n) is 27.0. The number of aliphatic hydroxyl groups excluding tert-OH is 1. The van der Waals surface area contributed by atoms with E-state index in [0.29, 0.717) is 25.7 Å². The van der Waals surface area contributed by atoms with Gasteiger partial charge in [-0.05, 0) is 103 Å². The lowest BCUT2D eigenvalue weighted by atomic mass is 10.1. The van der Waals surface area contributed by atoms with Gasteiger partial charge in [-0.1, -0.05) is 306 Å². The normalized spacial score (nSPS) is 14.3. The largest absolute Gasteiger partial charge is 0.472 e. The van der Waals surface area contributed by atoms with Crippen LogP contribution in [0.25, 0.3) is 0 Å². The highest BCUT2D eigenvalue weighted by Crippen LogP contribution is 2.45. The molecule has 0 saturated carbocycles. The molecule has 0 fully saturated rings. The van der Waals surface area contributed by atoms with E-state index in [1.165, 1.54) is 116 Å². The number of ether oxygens (including phenoxy) is 4. The fourth-order valence-corrected chi connectivity index (χ4v) is 12.6. The summed E-state index contributed by atoms with van der Waals surface area (Å²) in [7, 11) is -9.94. The summed E-state index contributed by atoms with van der Waals surface area (Å²) in [4.78, 5) is 72.9. The monoisotopic (exact) mass is 1450 g/mol. The standard InChI is InChI=1S/C81H146O17P2/c1-5-9-13-17-21-25-29-31-33-35-37-39-41-43-47-49-53-57-61-65-78(83)91-71-76(97-80(85)67-63-59-55-51-45-27-23-19-15-11-7-3)73-95-99(87,88)93-69-75(82)70-94-100(89,90)96-74-77(98-81(86)68-64-60-56-52-46-28-24-20-16-12-8-4)72-92-79(84)66-62-58-54-50-48-44-42-40-38-36-34-32-30-26-22-18-14-10-6-2/h21-22,25-26,31-34,37-40,75-77,82H,5-20,23-24,27-30,35-36,41-74H2,1-4H3,(H,87,88)(H,89,90)/b25-21-,26-22-,33-31-,34-32-,39-37-,40-38-. The Morgan fingerprint density at radius 3 is 0.770 bits per heavy atom. The van der Waals surface area contributed by atoms with Crippen LogP contribution in [0.4, 0.5) is 0 Å². The van der Waals surface area contributed by atoms with E-state index < -0.39 is 97.5 Å². The third kappa shape index (κ3) is 72.8. The highest BCUT2D eigenvalue weighted by atomic mass is 31.2. The highest BCUT2D eigenvalue weighted by molar-refractivity contribution is 7.47. The minimum absolute atomic E-state index is 0.0969. The molecule has 0 bridgehead atoms. The Kier molecular flexibility index (Phi) is 71.2. The molecule has 0 aliphatic heterocycles. The molecule has 582 valence electrons. The molecular formula is C81H146O17P2. The van der Waals surface area contributed by atoms with Gasteiger partial charge in [0.2, 0.25) is 0 Å². The number of aliphatic hydroxyl groups is 1.